The molecule has 4 aromatic rings. The van der Waals surface area contributed by atoms with Gasteiger partial charge in [0.15, 0.2) is 18.1 Å². The van der Waals surface area contributed by atoms with Gasteiger partial charge in [0.05, 0.1) is 12.7 Å². The molecule has 1 aromatic heterocycles. The van der Waals surface area contributed by atoms with Crippen LogP contribution in [0.2, 0.25) is 0 Å². The first kappa shape index (κ1) is 26.7. The van der Waals surface area contributed by atoms with E-state index in [4.69, 9.17) is 14.2 Å². The van der Waals surface area contributed by atoms with Crippen LogP contribution in [0.1, 0.15) is 21.5 Å². The summed E-state index contributed by atoms with van der Waals surface area (Å²) in [6.45, 7) is 0.401. The molecule has 0 bridgehead atoms. The highest BCUT2D eigenvalue weighted by atomic mass is 19.2. The van der Waals surface area contributed by atoms with Gasteiger partial charge < -0.3 is 23.5 Å². The molecular formula is C28H18F5NO6. The van der Waals surface area contributed by atoms with Gasteiger partial charge >= 0.3 is 5.97 Å². The lowest BCUT2D eigenvalue weighted by molar-refractivity contribution is -0.136. The Morgan fingerprint density at radius 3 is 2.33 bits per heavy atom. The Balaban J connectivity index is 1.36. The smallest absolute Gasteiger partial charge is 0.349 e. The Kier molecular flexibility index (Phi) is 6.70. The number of rotatable bonds is 6. The standard InChI is InChI=1S/C28H18F5NO6/c1-12-6-15(39-20(35)11-38-28-25(32)23(30)22(29)24(31)26(28)33)9-18-21(12)27(36)19(40-18)7-13-10-34(2)17-5-4-14(37-3)8-16(13)17/h4-10H,11H2,1-3H3/b19-7-. The number of esters is 1. The second-order valence-electron chi connectivity index (χ2n) is 8.79. The van der Waals surface area contributed by atoms with Crippen molar-refractivity contribution >= 4 is 28.7 Å². The molecule has 12 heteroatoms. The van der Waals surface area contributed by atoms with Crippen molar-refractivity contribution in [3.63, 3.8) is 0 Å². The molecule has 0 spiro atoms. The number of carbonyl (C=O) groups is 2. The molecule has 0 saturated carbocycles. The van der Waals surface area contributed by atoms with E-state index in [2.05, 4.69) is 4.74 Å². The molecule has 0 aliphatic carbocycles. The predicted octanol–water partition coefficient (Wildman–Crippen LogP) is 5.79. The quantitative estimate of drug-likeness (QED) is 0.0744. The molecule has 2 heterocycles. The number of aromatic nitrogens is 1. The van der Waals surface area contributed by atoms with Crippen molar-refractivity contribution in [2.45, 2.75) is 6.92 Å². The number of methoxy groups -OCH3 is 1. The number of carbonyl (C=O) groups excluding carboxylic acids is 2. The number of hydrogen-bond donors (Lipinski definition) is 0. The summed E-state index contributed by atoms with van der Waals surface area (Å²) in [5.41, 5.74) is 2.23. The summed E-state index contributed by atoms with van der Waals surface area (Å²) in [6, 6.07) is 8.12. The van der Waals surface area contributed by atoms with Crippen molar-refractivity contribution in [1.82, 2.24) is 4.57 Å². The lowest BCUT2D eigenvalue weighted by Gasteiger charge is -2.11. The lowest BCUT2D eigenvalue weighted by atomic mass is 10.0. The zero-order valence-electron chi connectivity index (χ0n) is 21.0. The first-order valence-electron chi connectivity index (χ1n) is 11.6. The fourth-order valence-electron chi connectivity index (χ4n) is 4.32. The van der Waals surface area contributed by atoms with Crippen LogP contribution in [0, 0.1) is 36.0 Å². The third kappa shape index (κ3) is 4.51. The van der Waals surface area contributed by atoms with Crippen molar-refractivity contribution in [2.75, 3.05) is 13.7 Å². The molecule has 40 heavy (non-hydrogen) atoms. The zero-order valence-corrected chi connectivity index (χ0v) is 21.0. The van der Waals surface area contributed by atoms with Crippen molar-refractivity contribution in [3.05, 3.63) is 88.1 Å². The van der Waals surface area contributed by atoms with Gasteiger partial charge in [0, 0.05) is 35.8 Å². The Morgan fingerprint density at radius 1 is 0.975 bits per heavy atom. The van der Waals surface area contributed by atoms with Gasteiger partial charge in [-0.3, -0.25) is 4.79 Å². The number of allylic oxidation sites excluding steroid dienone is 1. The Hall–Kier alpha value is -4.87. The van der Waals surface area contributed by atoms with E-state index < -0.39 is 53.2 Å². The number of fused-ring (bicyclic) bond motifs is 2. The monoisotopic (exact) mass is 559 g/mol. The van der Waals surface area contributed by atoms with Gasteiger partial charge in [0.2, 0.25) is 34.9 Å². The van der Waals surface area contributed by atoms with Crippen LogP contribution < -0.4 is 18.9 Å². The highest BCUT2D eigenvalue weighted by molar-refractivity contribution is 6.16. The molecule has 0 amide bonds. The minimum Gasteiger partial charge on any atom is -0.497 e. The van der Waals surface area contributed by atoms with Crippen LogP contribution in [0.5, 0.6) is 23.0 Å². The summed E-state index contributed by atoms with van der Waals surface area (Å²) < 4.78 is 90.0. The maximum Gasteiger partial charge on any atom is 0.349 e. The van der Waals surface area contributed by atoms with Crippen LogP contribution >= 0.6 is 0 Å². The topological polar surface area (TPSA) is 76.0 Å². The summed E-state index contributed by atoms with van der Waals surface area (Å²) in [5.74, 6) is -13.8. The Labute approximate surface area is 222 Å². The number of Topliss-reactive ketones (excluding diaryl/α,β-unsaturated/α-hetero) is 1. The van der Waals surface area contributed by atoms with Crippen molar-refractivity contribution in [2.24, 2.45) is 7.05 Å². The predicted molar refractivity (Wildman–Crippen MR) is 131 cm³/mol. The SMILES string of the molecule is COc1ccc2c(c1)c(/C=C1\Oc3cc(OC(=O)COc4c(F)c(F)c(F)c(F)c4F)cc(C)c3C1=O)cn2C. The summed E-state index contributed by atoms with van der Waals surface area (Å²) >= 11 is 0. The number of hydrogen-bond acceptors (Lipinski definition) is 6. The number of benzene rings is 3. The van der Waals surface area contributed by atoms with E-state index in [1.165, 1.54) is 12.1 Å². The maximum atomic E-state index is 13.8. The molecule has 3 aromatic carbocycles. The molecule has 0 fully saturated rings. The number of nitrogens with zero attached hydrogens (tertiary/aromatic N) is 1. The molecule has 1 aliphatic rings. The van der Waals surface area contributed by atoms with E-state index in [0.717, 1.165) is 10.9 Å². The molecule has 7 nitrogen and oxygen atoms in total. The fourth-order valence-corrected chi connectivity index (χ4v) is 4.32. The van der Waals surface area contributed by atoms with E-state index in [1.807, 2.05) is 36.0 Å². The van der Waals surface area contributed by atoms with E-state index in [-0.39, 0.29) is 22.8 Å². The average molecular weight is 559 g/mol. The normalized spacial score (nSPS) is 13.5. The first-order valence-corrected chi connectivity index (χ1v) is 11.6. The van der Waals surface area contributed by atoms with Crippen LogP contribution in [-0.4, -0.2) is 30.0 Å². The van der Waals surface area contributed by atoms with Crippen LogP contribution in [0.4, 0.5) is 22.0 Å². The number of ether oxygens (including phenoxy) is 4. The first-order chi connectivity index (χ1) is 19.0. The molecule has 0 atom stereocenters. The Morgan fingerprint density at radius 2 is 1.65 bits per heavy atom. The van der Waals surface area contributed by atoms with Crippen LogP contribution in [0.3, 0.4) is 0 Å². The Bertz CT molecular complexity index is 1730. The molecule has 206 valence electrons. The summed E-state index contributed by atoms with van der Waals surface area (Å²) in [5, 5.41) is 0.821. The fraction of sp³-hybridized carbons (Fsp3) is 0.143. The van der Waals surface area contributed by atoms with Gasteiger partial charge in [-0.15, -0.1) is 0 Å². The van der Waals surface area contributed by atoms with Gasteiger partial charge in [-0.05, 0) is 42.8 Å². The minimum atomic E-state index is -2.36. The molecule has 0 radical (unpaired) electrons. The van der Waals surface area contributed by atoms with Gasteiger partial charge in [-0.2, -0.15) is 8.78 Å². The largest absolute Gasteiger partial charge is 0.497 e. The van der Waals surface area contributed by atoms with Crippen molar-refractivity contribution in [1.29, 1.82) is 0 Å². The van der Waals surface area contributed by atoms with E-state index in [0.29, 0.717) is 16.9 Å². The van der Waals surface area contributed by atoms with Gasteiger partial charge in [0.25, 0.3) is 0 Å². The molecule has 5 rings (SSSR count). The third-order valence-corrected chi connectivity index (χ3v) is 6.19. The van der Waals surface area contributed by atoms with E-state index in [1.54, 1.807) is 20.1 Å². The summed E-state index contributed by atoms with van der Waals surface area (Å²) in [6.07, 6.45) is 3.40. The second-order valence-corrected chi connectivity index (χ2v) is 8.79. The highest BCUT2D eigenvalue weighted by Gasteiger charge is 2.31. The molecular weight excluding hydrogens is 541 g/mol. The van der Waals surface area contributed by atoms with Crippen LogP contribution in [-0.2, 0) is 11.8 Å². The summed E-state index contributed by atoms with van der Waals surface area (Å²) in [4.78, 5) is 25.3. The highest BCUT2D eigenvalue weighted by Crippen LogP contribution is 2.38. The molecule has 0 saturated heterocycles. The average Bonchev–Trinajstić information content (AvgIpc) is 3.41. The summed E-state index contributed by atoms with van der Waals surface area (Å²) in [7, 11) is 3.39. The van der Waals surface area contributed by atoms with Gasteiger partial charge in [-0.1, -0.05) is 0 Å². The van der Waals surface area contributed by atoms with Gasteiger partial charge in [0.1, 0.15) is 17.2 Å². The van der Waals surface area contributed by atoms with Crippen LogP contribution in [0.15, 0.2) is 42.3 Å². The minimum absolute atomic E-state index is 0.0199. The van der Waals surface area contributed by atoms with Crippen molar-refractivity contribution < 1.29 is 50.5 Å². The zero-order chi connectivity index (χ0) is 28.9. The number of aryl methyl sites for hydroxylation is 2. The number of ketones is 1. The van der Waals surface area contributed by atoms with E-state index >= 15 is 0 Å². The maximum absolute atomic E-state index is 13.8. The van der Waals surface area contributed by atoms with Crippen molar-refractivity contribution in [3.8, 4) is 23.0 Å². The van der Waals surface area contributed by atoms with Gasteiger partial charge in [-0.25, -0.2) is 18.0 Å². The van der Waals surface area contributed by atoms with Crippen LogP contribution in [0.25, 0.3) is 17.0 Å². The second kappa shape index (κ2) is 10.0. The third-order valence-electron chi connectivity index (χ3n) is 6.19. The lowest BCUT2D eigenvalue weighted by Crippen LogP contribution is -2.19. The molecule has 1 aliphatic heterocycles. The molecule has 0 N–H and O–H groups in total. The van der Waals surface area contributed by atoms with E-state index in [9.17, 15) is 31.5 Å². The number of halogens is 5. The molecule has 0 unspecified atom stereocenters.